The van der Waals surface area contributed by atoms with Crippen molar-refractivity contribution in [2.45, 2.75) is 17.4 Å². The summed E-state index contributed by atoms with van der Waals surface area (Å²) in [5, 5.41) is 0. The lowest BCUT2D eigenvalue weighted by Crippen LogP contribution is -2.39. The Morgan fingerprint density at radius 2 is 1.92 bits per heavy atom. The molecule has 0 amide bonds. The normalized spacial score (nSPS) is 18.1. The van der Waals surface area contributed by atoms with Crippen LogP contribution >= 0.6 is 0 Å². The first-order valence-corrected chi connectivity index (χ1v) is 9.11. The molecule has 24 heavy (non-hydrogen) atoms. The van der Waals surface area contributed by atoms with E-state index in [1.165, 1.54) is 4.31 Å². The second-order valence-corrected chi connectivity index (χ2v) is 7.61. The van der Waals surface area contributed by atoms with Crippen LogP contribution in [-0.2, 0) is 10.0 Å². The molecule has 1 aliphatic heterocycles. The van der Waals surface area contributed by atoms with E-state index in [1.807, 2.05) is 4.90 Å². The topological polar surface area (TPSA) is 75.6 Å². The highest BCUT2D eigenvalue weighted by Gasteiger charge is 2.34. The molecule has 7 nitrogen and oxygen atoms in total. The third kappa shape index (κ3) is 3.07. The Balaban J connectivity index is 1.78. The third-order valence-electron chi connectivity index (χ3n) is 4.24. The number of likely N-dealkylation sites (N-methyl/N-ethyl adjacent to an activating group) is 1. The SMILES string of the molecule is COc1nccnc1N1CC[C@@H](N(C)S(=O)(=O)c2ccccc2)C1. The molecule has 3 rings (SSSR count). The monoisotopic (exact) mass is 348 g/mol. The van der Waals surface area contributed by atoms with Crippen LogP contribution in [0.15, 0.2) is 47.6 Å². The van der Waals surface area contributed by atoms with Crippen molar-refractivity contribution >= 4 is 15.8 Å². The van der Waals surface area contributed by atoms with E-state index >= 15 is 0 Å². The van der Waals surface area contributed by atoms with Crippen molar-refractivity contribution < 1.29 is 13.2 Å². The average Bonchev–Trinajstić information content (AvgIpc) is 3.11. The molecule has 0 aliphatic carbocycles. The van der Waals surface area contributed by atoms with Crippen molar-refractivity contribution in [3.05, 3.63) is 42.7 Å². The van der Waals surface area contributed by atoms with Crippen LogP contribution in [0.3, 0.4) is 0 Å². The van der Waals surface area contributed by atoms with Gasteiger partial charge < -0.3 is 9.64 Å². The molecule has 0 saturated carbocycles. The molecule has 1 aliphatic rings. The van der Waals surface area contributed by atoms with Gasteiger partial charge >= 0.3 is 0 Å². The molecule has 1 fully saturated rings. The van der Waals surface area contributed by atoms with Crippen LogP contribution in [0.4, 0.5) is 5.82 Å². The number of nitrogens with zero attached hydrogens (tertiary/aromatic N) is 4. The Hall–Kier alpha value is -2.19. The van der Waals surface area contributed by atoms with Gasteiger partial charge in [0.25, 0.3) is 5.88 Å². The molecule has 0 unspecified atom stereocenters. The number of methoxy groups -OCH3 is 1. The quantitative estimate of drug-likeness (QED) is 0.813. The van der Waals surface area contributed by atoms with E-state index < -0.39 is 10.0 Å². The van der Waals surface area contributed by atoms with Crippen molar-refractivity contribution in [2.75, 3.05) is 32.1 Å². The van der Waals surface area contributed by atoms with Gasteiger partial charge in [-0.15, -0.1) is 0 Å². The molecular weight excluding hydrogens is 328 g/mol. The summed E-state index contributed by atoms with van der Waals surface area (Å²) in [7, 11) is -0.326. The highest BCUT2D eigenvalue weighted by molar-refractivity contribution is 7.89. The van der Waals surface area contributed by atoms with Crippen molar-refractivity contribution in [3.8, 4) is 5.88 Å². The summed E-state index contributed by atoms with van der Waals surface area (Å²) in [6, 6.07) is 8.37. The maximum absolute atomic E-state index is 12.7. The lowest BCUT2D eigenvalue weighted by atomic mass is 10.3. The van der Waals surface area contributed by atoms with Gasteiger partial charge in [0.2, 0.25) is 10.0 Å². The van der Waals surface area contributed by atoms with E-state index in [0.29, 0.717) is 29.7 Å². The lowest BCUT2D eigenvalue weighted by molar-refractivity contribution is 0.387. The zero-order valence-electron chi connectivity index (χ0n) is 13.7. The fourth-order valence-corrected chi connectivity index (χ4v) is 4.26. The fourth-order valence-electron chi connectivity index (χ4n) is 2.86. The predicted molar refractivity (Wildman–Crippen MR) is 90.6 cm³/mol. The average molecular weight is 348 g/mol. The summed E-state index contributed by atoms with van der Waals surface area (Å²) in [5.74, 6) is 1.10. The van der Waals surface area contributed by atoms with Crippen molar-refractivity contribution in [1.82, 2.24) is 14.3 Å². The van der Waals surface area contributed by atoms with E-state index in [0.717, 1.165) is 6.42 Å². The fraction of sp³-hybridized carbons (Fsp3) is 0.375. The Bertz CT molecular complexity index is 798. The summed E-state index contributed by atoms with van der Waals surface area (Å²) < 4.78 is 32.2. The molecule has 1 atom stereocenters. The molecule has 0 radical (unpaired) electrons. The zero-order chi connectivity index (χ0) is 17.2. The van der Waals surface area contributed by atoms with Gasteiger partial charge in [-0.2, -0.15) is 4.31 Å². The first kappa shape index (κ1) is 16.7. The minimum atomic E-state index is -3.50. The Labute approximate surface area is 142 Å². The molecule has 2 heterocycles. The molecule has 0 bridgehead atoms. The minimum Gasteiger partial charge on any atom is -0.478 e. The Morgan fingerprint density at radius 1 is 1.21 bits per heavy atom. The number of benzene rings is 1. The largest absolute Gasteiger partial charge is 0.478 e. The van der Waals surface area contributed by atoms with Crippen LogP contribution in [-0.4, -0.2) is 56.0 Å². The summed E-state index contributed by atoms with van der Waals surface area (Å²) in [6.07, 6.45) is 3.90. The molecular formula is C16H20N4O3S. The van der Waals surface area contributed by atoms with E-state index in [4.69, 9.17) is 4.74 Å². The number of sulfonamides is 1. The summed E-state index contributed by atoms with van der Waals surface area (Å²) in [4.78, 5) is 10.8. The van der Waals surface area contributed by atoms with Crippen LogP contribution in [0, 0.1) is 0 Å². The molecule has 0 spiro atoms. The van der Waals surface area contributed by atoms with Crippen molar-refractivity contribution in [2.24, 2.45) is 0 Å². The number of ether oxygens (including phenoxy) is 1. The van der Waals surface area contributed by atoms with E-state index in [9.17, 15) is 8.42 Å². The van der Waals surface area contributed by atoms with Crippen LogP contribution < -0.4 is 9.64 Å². The van der Waals surface area contributed by atoms with Gasteiger partial charge in [-0.05, 0) is 18.6 Å². The molecule has 1 aromatic carbocycles. The predicted octanol–water partition coefficient (Wildman–Crippen LogP) is 1.38. The summed E-state index contributed by atoms with van der Waals surface area (Å²) in [6.45, 7) is 1.26. The van der Waals surface area contributed by atoms with Crippen molar-refractivity contribution in [1.29, 1.82) is 0 Å². The van der Waals surface area contributed by atoms with Crippen LogP contribution in [0.5, 0.6) is 5.88 Å². The van der Waals surface area contributed by atoms with Gasteiger partial charge in [0, 0.05) is 38.6 Å². The first-order chi connectivity index (χ1) is 11.5. The van der Waals surface area contributed by atoms with Gasteiger partial charge in [-0.3, -0.25) is 0 Å². The van der Waals surface area contributed by atoms with Crippen LogP contribution in [0.2, 0.25) is 0 Å². The molecule has 1 saturated heterocycles. The van der Waals surface area contributed by atoms with Crippen LogP contribution in [0.25, 0.3) is 0 Å². The molecule has 1 aromatic heterocycles. The summed E-state index contributed by atoms with van der Waals surface area (Å²) >= 11 is 0. The number of aromatic nitrogens is 2. The highest BCUT2D eigenvalue weighted by Crippen LogP contribution is 2.29. The second kappa shape index (κ2) is 6.74. The van der Waals surface area contributed by atoms with Gasteiger partial charge in [-0.25, -0.2) is 18.4 Å². The zero-order valence-corrected chi connectivity index (χ0v) is 14.5. The molecule has 0 N–H and O–H groups in total. The van der Waals surface area contributed by atoms with E-state index in [2.05, 4.69) is 9.97 Å². The van der Waals surface area contributed by atoms with Gasteiger partial charge in [0.15, 0.2) is 5.82 Å². The lowest BCUT2D eigenvalue weighted by Gasteiger charge is -2.24. The maximum atomic E-state index is 12.7. The standard InChI is InChI=1S/C16H20N4O3S/c1-19(24(21,22)14-6-4-3-5-7-14)13-8-11-20(12-13)15-16(23-2)18-10-9-17-15/h3-7,9-10,13H,8,11-12H2,1-2H3/t13-/m1/s1. The van der Waals surface area contributed by atoms with Crippen LogP contribution in [0.1, 0.15) is 6.42 Å². The van der Waals surface area contributed by atoms with Gasteiger partial charge in [-0.1, -0.05) is 18.2 Å². The smallest absolute Gasteiger partial charge is 0.257 e. The molecule has 2 aromatic rings. The number of hydrogen-bond donors (Lipinski definition) is 0. The van der Waals surface area contributed by atoms with Gasteiger partial charge in [0.1, 0.15) is 0 Å². The maximum Gasteiger partial charge on any atom is 0.257 e. The van der Waals surface area contributed by atoms with E-state index in [-0.39, 0.29) is 6.04 Å². The van der Waals surface area contributed by atoms with E-state index in [1.54, 1.807) is 56.9 Å². The highest BCUT2D eigenvalue weighted by atomic mass is 32.2. The first-order valence-electron chi connectivity index (χ1n) is 7.67. The third-order valence-corrected chi connectivity index (χ3v) is 6.16. The molecule has 128 valence electrons. The summed E-state index contributed by atoms with van der Waals surface area (Å²) in [5.41, 5.74) is 0. The number of hydrogen-bond acceptors (Lipinski definition) is 6. The Kier molecular flexibility index (Phi) is 4.68. The van der Waals surface area contributed by atoms with Gasteiger partial charge in [0.05, 0.1) is 12.0 Å². The number of anilines is 1. The van der Waals surface area contributed by atoms with Crippen molar-refractivity contribution in [3.63, 3.8) is 0 Å². The minimum absolute atomic E-state index is 0.123. The Morgan fingerprint density at radius 3 is 2.62 bits per heavy atom. The second-order valence-electron chi connectivity index (χ2n) is 5.61. The molecule has 8 heteroatoms. The number of rotatable bonds is 5.